The number of benzene rings is 3. The number of hydrogen-bond donors (Lipinski definition) is 1. The van der Waals surface area contributed by atoms with Gasteiger partial charge in [0, 0.05) is 17.1 Å². The third-order valence-electron chi connectivity index (χ3n) is 4.85. The second-order valence-corrected chi connectivity index (χ2v) is 9.62. The number of sulfone groups is 1. The van der Waals surface area contributed by atoms with Crippen LogP contribution in [0.2, 0.25) is 5.02 Å². The van der Waals surface area contributed by atoms with Crippen molar-refractivity contribution in [2.24, 2.45) is 0 Å². The standard InChI is InChI=1S/C24H21ClN2O3S/c1-16-3-7-18(8-4-16)15-26-23-24(31(28,29)21-13-11-20(25)12-14-21)27-22(30-23)19-9-5-17(2)6-10-19/h3-14,26H,15H2,1-2H3. The predicted molar refractivity (Wildman–Crippen MR) is 122 cm³/mol. The molecule has 158 valence electrons. The molecule has 0 aliphatic carbocycles. The van der Waals surface area contributed by atoms with Gasteiger partial charge in [0.1, 0.15) is 0 Å². The summed E-state index contributed by atoms with van der Waals surface area (Å²) in [6.07, 6.45) is 0. The zero-order valence-electron chi connectivity index (χ0n) is 17.1. The molecule has 7 heteroatoms. The van der Waals surface area contributed by atoms with Gasteiger partial charge in [-0.1, -0.05) is 59.1 Å². The van der Waals surface area contributed by atoms with E-state index in [0.717, 1.165) is 16.7 Å². The van der Waals surface area contributed by atoms with Gasteiger partial charge >= 0.3 is 0 Å². The molecule has 0 bridgehead atoms. The fourth-order valence-corrected chi connectivity index (χ4v) is 4.44. The van der Waals surface area contributed by atoms with Crippen LogP contribution in [0.1, 0.15) is 16.7 Å². The van der Waals surface area contributed by atoms with E-state index in [1.807, 2.05) is 62.4 Å². The van der Waals surface area contributed by atoms with Crippen LogP contribution in [0.5, 0.6) is 0 Å². The first-order valence-corrected chi connectivity index (χ1v) is 11.6. The maximum absolute atomic E-state index is 13.3. The normalized spacial score (nSPS) is 11.5. The van der Waals surface area contributed by atoms with Crippen molar-refractivity contribution in [3.63, 3.8) is 0 Å². The zero-order chi connectivity index (χ0) is 22.0. The number of anilines is 1. The molecular weight excluding hydrogens is 432 g/mol. The average molecular weight is 453 g/mol. The minimum Gasteiger partial charge on any atom is -0.419 e. The Morgan fingerprint density at radius 3 is 2.06 bits per heavy atom. The molecule has 1 heterocycles. The molecule has 0 unspecified atom stereocenters. The van der Waals surface area contributed by atoms with Gasteiger partial charge in [-0.2, -0.15) is 4.98 Å². The Bertz CT molecular complexity index is 1290. The average Bonchev–Trinajstić information content (AvgIpc) is 3.19. The summed E-state index contributed by atoms with van der Waals surface area (Å²) in [6, 6.07) is 21.5. The van der Waals surface area contributed by atoms with Gasteiger partial charge < -0.3 is 9.73 Å². The number of hydrogen-bond acceptors (Lipinski definition) is 5. The molecule has 0 radical (unpaired) electrons. The lowest BCUT2D eigenvalue weighted by atomic mass is 10.1. The summed E-state index contributed by atoms with van der Waals surface area (Å²) in [4.78, 5) is 4.45. The number of nitrogens with zero attached hydrogens (tertiary/aromatic N) is 1. The summed E-state index contributed by atoms with van der Waals surface area (Å²) in [7, 11) is -3.92. The van der Waals surface area contributed by atoms with Crippen LogP contribution in [-0.4, -0.2) is 13.4 Å². The van der Waals surface area contributed by atoms with E-state index < -0.39 is 9.84 Å². The van der Waals surface area contributed by atoms with E-state index in [9.17, 15) is 8.42 Å². The number of aromatic nitrogens is 1. The lowest BCUT2D eigenvalue weighted by Gasteiger charge is -2.07. The molecule has 4 aromatic rings. The van der Waals surface area contributed by atoms with E-state index in [0.29, 0.717) is 17.1 Å². The van der Waals surface area contributed by atoms with Crippen LogP contribution in [0, 0.1) is 13.8 Å². The molecule has 5 nitrogen and oxygen atoms in total. The van der Waals surface area contributed by atoms with Crippen molar-refractivity contribution < 1.29 is 12.8 Å². The van der Waals surface area contributed by atoms with Gasteiger partial charge in [0.05, 0.1) is 4.90 Å². The maximum Gasteiger partial charge on any atom is 0.234 e. The van der Waals surface area contributed by atoms with Crippen LogP contribution in [0.4, 0.5) is 5.88 Å². The van der Waals surface area contributed by atoms with Crippen LogP contribution in [0.15, 0.2) is 87.1 Å². The number of rotatable bonds is 6. The summed E-state index contributed by atoms with van der Waals surface area (Å²) in [5.74, 6) is 0.338. The topological polar surface area (TPSA) is 72.2 Å². The molecular formula is C24H21ClN2O3S. The largest absolute Gasteiger partial charge is 0.419 e. The number of nitrogens with one attached hydrogen (secondary N) is 1. The third kappa shape index (κ3) is 4.65. The second-order valence-electron chi connectivity index (χ2n) is 7.32. The smallest absolute Gasteiger partial charge is 0.234 e. The van der Waals surface area contributed by atoms with Crippen LogP contribution in [0.25, 0.3) is 11.5 Å². The van der Waals surface area contributed by atoms with Crippen molar-refractivity contribution in [1.82, 2.24) is 4.98 Å². The molecule has 31 heavy (non-hydrogen) atoms. The van der Waals surface area contributed by atoms with Gasteiger partial charge in [-0.05, 0) is 55.8 Å². The highest BCUT2D eigenvalue weighted by atomic mass is 35.5. The van der Waals surface area contributed by atoms with E-state index in [1.165, 1.54) is 24.3 Å². The SMILES string of the molecule is Cc1ccc(CNc2oc(-c3ccc(C)cc3)nc2S(=O)(=O)c2ccc(Cl)cc2)cc1. The summed E-state index contributed by atoms with van der Waals surface area (Å²) >= 11 is 5.92. The number of aryl methyl sites for hydroxylation is 2. The van der Waals surface area contributed by atoms with E-state index >= 15 is 0 Å². The first-order valence-electron chi connectivity index (χ1n) is 9.71. The van der Waals surface area contributed by atoms with Crippen molar-refractivity contribution in [1.29, 1.82) is 0 Å². The van der Waals surface area contributed by atoms with Crippen molar-refractivity contribution in [3.05, 3.63) is 94.5 Å². The molecule has 4 rings (SSSR count). The van der Waals surface area contributed by atoms with Crippen molar-refractivity contribution in [3.8, 4) is 11.5 Å². The molecule has 3 aromatic carbocycles. The summed E-state index contributed by atoms with van der Waals surface area (Å²) in [5.41, 5.74) is 3.92. The first kappa shape index (κ1) is 21.2. The predicted octanol–water partition coefficient (Wildman–Crippen LogP) is 6.06. The van der Waals surface area contributed by atoms with Crippen LogP contribution < -0.4 is 5.32 Å². The van der Waals surface area contributed by atoms with Crippen molar-refractivity contribution in [2.75, 3.05) is 5.32 Å². The lowest BCUT2D eigenvalue weighted by molar-refractivity contribution is 0.576. The molecule has 0 aliphatic rings. The Morgan fingerprint density at radius 2 is 1.45 bits per heavy atom. The Morgan fingerprint density at radius 1 is 0.871 bits per heavy atom. The van der Waals surface area contributed by atoms with Gasteiger partial charge in [0.25, 0.3) is 0 Å². The number of oxazole rings is 1. The summed E-state index contributed by atoms with van der Waals surface area (Å²) in [6.45, 7) is 4.38. The minimum absolute atomic E-state index is 0.0963. The molecule has 0 fully saturated rings. The summed E-state index contributed by atoms with van der Waals surface area (Å²) < 4.78 is 32.5. The fourth-order valence-electron chi connectivity index (χ4n) is 3.03. The molecule has 0 saturated heterocycles. The van der Waals surface area contributed by atoms with Gasteiger partial charge in [-0.15, -0.1) is 0 Å². The molecule has 0 spiro atoms. The first-order chi connectivity index (χ1) is 14.8. The van der Waals surface area contributed by atoms with Gasteiger partial charge in [-0.25, -0.2) is 8.42 Å². The highest BCUT2D eigenvalue weighted by Crippen LogP contribution is 2.33. The third-order valence-corrected chi connectivity index (χ3v) is 6.78. The molecule has 1 N–H and O–H groups in total. The zero-order valence-corrected chi connectivity index (χ0v) is 18.7. The molecule has 0 amide bonds. The lowest BCUT2D eigenvalue weighted by Crippen LogP contribution is -2.07. The van der Waals surface area contributed by atoms with Crippen LogP contribution >= 0.6 is 11.6 Å². The molecule has 0 atom stereocenters. The monoisotopic (exact) mass is 452 g/mol. The van der Waals surface area contributed by atoms with E-state index in [1.54, 1.807) is 0 Å². The van der Waals surface area contributed by atoms with Crippen molar-refractivity contribution in [2.45, 2.75) is 30.3 Å². The van der Waals surface area contributed by atoms with Gasteiger partial charge in [0.15, 0.2) is 0 Å². The number of halogens is 1. The van der Waals surface area contributed by atoms with Crippen molar-refractivity contribution >= 4 is 27.3 Å². The summed E-state index contributed by atoms with van der Waals surface area (Å²) in [5, 5.41) is 3.40. The fraction of sp³-hybridized carbons (Fsp3) is 0.125. The molecule has 0 saturated carbocycles. The molecule has 1 aromatic heterocycles. The van der Waals surface area contributed by atoms with Gasteiger partial charge in [0.2, 0.25) is 26.6 Å². The minimum atomic E-state index is -3.92. The Hall–Kier alpha value is -3.09. The van der Waals surface area contributed by atoms with Gasteiger partial charge in [-0.3, -0.25) is 0 Å². The maximum atomic E-state index is 13.3. The van der Waals surface area contributed by atoms with E-state index in [4.69, 9.17) is 16.0 Å². The molecule has 0 aliphatic heterocycles. The highest BCUT2D eigenvalue weighted by molar-refractivity contribution is 7.91. The highest BCUT2D eigenvalue weighted by Gasteiger charge is 2.28. The van der Waals surface area contributed by atoms with E-state index in [2.05, 4.69) is 10.3 Å². The van der Waals surface area contributed by atoms with Crippen LogP contribution in [-0.2, 0) is 16.4 Å². The second kappa shape index (κ2) is 8.57. The van der Waals surface area contributed by atoms with E-state index in [-0.39, 0.29) is 21.7 Å². The Labute approximate surface area is 186 Å². The quantitative estimate of drug-likeness (QED) is 0.385. The Kier molecular flexibility index (Phi) is 5.85. The Balaban J connectivity index is 1.74. The van der Waals surface area contributed by atoms with Crippen LogP contribution in [0.3, 0.4) is 0 Å².